The molecule has 1 aromatic rings. The fraction of sp³-hybridized carbons (Fsp3) is 0.429. The van der Waals surface area contributed by atoms with Crippen LogP contribution >= 0.6 is 11.6 Å². The number of ether oxygens (including phenoxy) is 1. The molecular formula is C14H17ClN2O2. The number of nitrogens with zero attached hydrogens (tertiary/aromatic N) is 1. The summed E-state index contributed by atoms with van der Waals surface area (Å²) in [4.78, 5) is 15.2. The monoisotopic (exact) mass is 280 g/mol. The van der Waals surface area contributed by atoms with Crippen LogP contribution in [0.15, 0.2) is 18.2 Å². The van der Waals surface area contributed by atoms with E-state index < -0.39 is 11.7 Å². The SMILES string of the molecule is [C-]#[N+]C(C)c1cc(Cl)ccc1NC(=O)OC(C)(C)C. The first-order valence-electron chi connectivity index (χ1n) is 5.89. The molecule has 0 radical (unpaired) electrons. The lowest BCUT2D eigenvalue weighted by Crippen LogP contribution is -2.27. The summed E-state index contributed by atoms with van der Waals surface area (Å²) in [5.41, 5.74) is 0.651. The maximum Gasteiger partial charge on any atom is 0.412 e. The molecule has 1 atom stereocenters. The quantitative estimate of drug-likeness (QED) is 0.800. The second-order valence-electron chi connectivity index (χ2n) is 5.16. The molecule has 4 nitrogen and oxygen atoms in total. The van der Waals surface area contributed by atoms with Crippen LogP contribution in [-0.4, -0.2) is 11.7 Å². The van der Waals surface area contributed by atoms with Gasteiger partial charge in [-0.1, -0.05) is 11.6 Å². The normalized spacial score (nSPS) is 12.4. The van der Waals surface area contributed by atoms with Gasteiger partial charge in [0.25, 0.3) is 0 Å². The van der Waals surface area contributed by atoms with E-state index in [0.29, 0.717) is 16.3 Å². The fourth-order valence-corrected chi connectivity index (χ4v) is 1.66. The molecule has 1 N–H and O–H groups in total. The van der Waals surface area contributed by atoms with Gasteiger partial charge in [0.2, 0.25) is 6.04 Å². The Kier molecular flexibility index (Phi) is 4.79. The smallest absolute Gasteiger partial charge is 0.412 e. The molecule has 102 valence electrons. The van der Waals surface area contributed by atoms with Crippen molar-refractivity contribution in [3.8, 4) is 0 Å². The minimum absolute atomic E-state index is 0.386. The van der Waals surface area contributed by atoms with Gasteiger partial charge in [-0.25, -0.2) is 11.4 Å². The average Bonchev–Trinajstić information content (AvgIpc) is 2.28. The number of benzene rings is 1. The third-order valence-corrected chi connectivity index (χ3v) is 2.53. The highest BCUT2D eigenvalue weighted by molar-refractivity contribution is 6.30. The maximum absolute atomic E-state index is 11.7. The Hall–Kier alpha value is -1.73. The van der Waals surface area contributed by atoms with Crippen LogP contribution in [0.5, 0.6) is 0 Å². The van der Waals surface area contributed by atoms with Gasteiger partial charge in [0.1, 0.15) is 5.60 Å². The second kappa shape index (κ2) is 5.94. The van der Waals surface area contributed by atoms with Crippen LogP contribution in [0.25, 0.3) is 4.85 Å². The zero-order chi connectivity index (χ0) is 14.6. The van der Waals surface area contributed by atoms with Crippen molar-refractivity contribution in [1.82, 2.24) is 0 Å². The van der Waals surface area contributed by atoms with Crippen molar-refractivity contribution in [2.45, 2.75) is 39.3 Å². The highest BCUT2D eigenvalue weighted by Gasteiger charge is 2.20. The molecule has 19 heavy (non-hydrogen) atoms. The van der Waals surface area contributed by atoms with Crippen LogP contribution in [0.3, 0.4) is 0 Å². The van der Waals surface area contributed by atoms with Crippen molar-refractivity contribution in [1.29, 1.82) is 0 Å². The van der Waals surface area contributed by atoms with Crippen LogP contribution in [0, 0.1) is 6.57 Å². The average molecular weight is 281 g/mol. The molecule has 0 heterocycles. The molecule has 0 spiro atoms. The standard InChI is InChI=1S/C14H17ClN2O2/c1-9(16-5)11-8-10(15)6-7-12(11)17-13(18)19-14(2,3)4/h6-9H,1-4H3,(H,17,18). The highest BCUT2D eigenvalue weighted by Crippen LogP contribution is 2.29. The minimum atomic E-state index is -0.567. The summed E-state index contributed by atoms with van der Waals surface area (Å²) in [5.74, 6) is 0. The third-order valence-electron chi connectivity index (χ3n) is 2.29. The highest BCUT2D eigenvalue weighted by atomic mass is 35.5. The molecule has 0 fully saturated rings. The van der Waals surface area contributed by atoms with E-state index in [-0.39, 0.29) is 6.04 Å². The predicted molar refractivity (Wildman–Crippen MR) is 76.3 cm³/mol. The Bertz CT molecular complexity index is 515. The van der Waals surface area contributed by atoms with Crippen molar-refractivity contribution in [3.63, 3.8) is 0 Å². The van der Waals surface area contributed by atoms with Crippen molar-refractivity contribution in [2.24, 2.45) is 0 Å². The van der Waals surface area contributed by atoms with Gasteiger partial charge >= 0.3 is 6.09 Å². The summed E-state index contributed by atoms with van der Waals surface area (Å²) in [6, 6.07) is 4.62. The van der Waals surface area contributed by atoms with Crippen LogP contribution in [-0.2, 0) is 4.74 Å². The van der Waals surface area contributed by atoms with Gasteiger partial charge in [-0.2, -0.15) is 0 Å². The Morgan fingerprint density at radius 1 is 1.47 bits per heavy atom. The second-order valence-corrected chi connectivity index (χ2v) is 5.60. The molecule has 5 heteroatoms. The van der Waals surface area contributed by atoms with Crippen molar-refractivity contribution in [2.75, 3.05) is 5.32 Å². The molecule has 0 aliphatic heterocycles. The van der Waals surface area contributed by atoms with Gasteiger partial charge < -0.3 is 9.58 Å². The molecule has 0 bridgehead atoms. The van der Waals surface area contributed by atoms with Crippen LogP contribution < -0.4 is 5.32 Å². The Balaban J connectivity index is 2.96. The fourth-order valence-electron chi connectivity index (χ4n) is 1.48. The van der Waals surface area contributed by atoms with Crippen LogP contribution in [0.1, 0.15) is 39.3 Å². The summed E-state index contributed by atoms with van der Waals surface area (Å²) < 4.78 is 5.18. The van der Waals surface area contributed by atoms with E-state index in [2.05, 4.69) is 10.2 Å². The van der Waals surface area contributed by atoms with Crippen molar-refractivity contribution in [3.05, 3.63) is 40.2 Å². The largest absolute Gasteiger partial charge is 0.444 e. The summed E-state index contributed by atoms with van der Waals surface area (Å²) in [6.45, 7) is 14.2. The molecule has 0 saturated carbocycles. The molecule has 1 rings (SSSR count). The molecule has 0 aromatic heterocycles. The Labute approximate surface area is 118 Å². The minimum Gasteiger partial charge on any atom is -0.444 e. The molecule has 1 aromatic carbocycles. The Morgan fingerprint density at radius 3 is 2.63 bits per heavy atom. The van der Waals surface area contributed by atoms with Crippen LogP contribution in [0.2, 0.25) is 5.02 Å². The van der Waals surface area contributed by atoms with Gasteiger partial charge in [-0.15, -0.1) is 0 Å². The van der Waals surface area contributed by atoms with Crippen LogP contribution in [0.4, 0.5) is 10.5 Å². The first-order chi connectivity index (χ1) is 8.73. The van der Waals surface area contributed by atoms with E-state index in [1.807, 2.05) is 0 Å². The Morgan fingerprint density at radius 2 is 2.11 bits per heavy atom. The van der Waals surface area contributed by atoms with Gasteiger partial charge in [0.05, 0.1) is 11.3 Å². The molecule has 0 saturated heterocycles. The third kappa shape index (κ3) is 4.80. The summed E-state index contributed by atoms with van der Waals surface area (Å²) in [5, 5.41) is 3.17. The van der Waals surface area contributed by atoms with Crippen molar-refractivity contribution >= 4 is 23.4 Å². The lowest BCUT2D eigenvalue weighted by atomic mass is 10.1. The van der Waals surface area contributed by atoms with Gasteiger partial charge in [-0.05, 0) is 39.0 Å². The number of amides is 1. The maximum atomic E-state index is 11.7. The summed E-state index contributed by atoms with van der Waals surface area (Å²) >= 11 is 5.91. The number of carbonyl (C=O) groups is 1. The van der Waals surface area contributed by atoms with E-state index in [0.717, 1.165) is 0 Å². The topological polar surface area (TPSA) is 42.7 Å². The molecular weight excluding hydrogens is 264 g/mol. The molecule has 1 amide bonds. The summed E-state index contributed by atoms with van der Waals surface area (Å²) in [7, 11) is 0. The number of hydrogen-bond donors (Lipinski definition) is 1. The zero-order valence-corrected chi connectivity index (χ0v) is 12.2. The number of nitrogens with one attached hydrogen (secondary N) is 1. The first kappa shape index (κ1) is 15.3. The number of halogens is 1. The van der Waals surface area contributed by atoms with Gasteiger partial charge in [0, 0.05) is 11.9 Å². The zero-order valence-electron chi connectivity index (χ0n) is 11.5. The van der Waals surface area contributed by atoms with Gasteiger partial charge in [0.15, 0.2) is 0 Å². The molecule has 0 aliphatic carbocycles. The van der Waals surface area contributed by atoms with E-state index >= 15 is 0 Å². The number of anilines is 1. The lowest BCUT2D eigenvalue weighted by molar-refractivity contribution is 0.0636. The summed E-state index contributed by atoms with van der Waals surface area (Å²) in [6.07, 6.45) is -0.548. The van der Waals surface area contributed by atoms with E-state index in [1.54, 1.807) is 45.9 Å². The van der Waals surface area contributed by atoms with Gasteiger partial charge in [-0.3, -0.25) is 5.32 Å². The number of carbonyl (C=O) groups excluding carboxylic acids is 1. The van der Waals surface area contributed by atoms with E-state index in [1.165, 1.54) is 0 Å². The first-order valence-corrected chi connectivity index (χ1v) is 6.27. The number of hydrogen-bond acceptors (Lipinski definition) is 2. The van der Waals surface area contributed by atoms with E-state index in [9.17, 15) is 4.79 Å². The molecule has 1 unspecified atom stereocenters. The lowest BCUT2D eigenvalue weighted by Gasteiger charge is -2.20. The molecule has 0 aliphatic rings. The van der Waals surface area contributed by atoms with E-state index in [4.69, 9.17) is 22.9 Å². The number of rotatable bonds is 2. The predicted octanol–water partition coefficient (Wildman–Crippen LogP) is 4.67. The van der Waals surface area contributed by atoms with Crippen molar-refractivity contribution < 1.29 is 9.53 Å².